The van der Waals surface area contributed by atoms with Gasteiger partial charge in [0.15, 0.2) is 5.78 Å². The summed E-state index contributed by atoms with van der Waals surface area (Å²) in [6.45, 7) is 17.6. The second kappa shape index (κ2) is 15.1. The molecule has 0 amide bonds. The average Bonchev–Trinajstić information content (AvgIpc) is 3.41. The molecule has 0 saturated carbocycles. The Kier molecular flexibility index (Phi) is 11.3. The quantitative estimate of drug-likeness (QED) is 0.0392. The fraction of sp³-hybridized carbons (Fsp3) is 0.326. The van der Waals surface area contributed by atoms with Crippen LogP contribution in [0.2, 0.25) is 19.6 Å². The van der Waals surface area contributed by atoms with E-state index in [-0.39, 0.29) is 43.5 Å². The van der Waals surface area contributed by atoms with E-state index in [0.29, 0.717) is 0 Å². The molecule has 0 fully saturated rings. The minimum atomic E-state index is -1.71. The number of nitrogens with zero attached hydrogens (tertiary/aromatic N) is 3. The summed E-state index contributed by atoms with van der Waals surface area (Å²) in [5, 5.41) is 19.6. The Balaban J connectivity index is 0.000000261. The van der Waals surface area contributed by atoms with Gasteiger partial charge < -0.3 is 9.67 Å². The summed E-state index contributed by atoms with van der Waals surface area (Å²) in [7, 11) is -1.71. The molecule has 0 aliphatic rings. The minimum absolute atomic E-state index is 0. The van der Waals surface area contributed by atoms with Crippen LogP contribution in [0.25, 0.3) is 59.9 Å². The molecule has 0 unspecified atom stereocenters. The number of hydrogen-bond donors (Lipinski definition) is 1. The van der Waals surface area contributed by atoms with E-state index in [2.05, 4.69) is 104 Å². The van der Waals surface area contributed by atoms with Crippen LogP contribution < -0.4 is 5.19 Å². The number of rotatable bonds is 9. The molecule has 50 heavy (non-hydrogen) atoms. The Bertz CT molecular complexity index is 2310. The molecule has 2 heterocycles. The summed E-state index contributed by atoms with van der Waals surface area (Å²) in [5.74, 6) is 0.547. The monoisotopic (exact) mass is 859 g/mol. The number of allylic oxidation sites excluding steroid dienone is 2. The van der Waals surface area contributed by atoms with E-state index in [9.17, 15) is 9.90 Å². The molecular formula is C43H48IrN3O2Si-. The number of hydrogen-bond acceptors (Lipinski definition) is 4. The van der Waals surface area contributed by atoms with Gasteiger partial charge in [-0.3, -0.25) is 9.78 Å². The van der Waals surface area contributed by atoms with E-state index in [1.165, 1.54) is 49.7 Å². The van der Waals surface area contributed by atoms with Crippen molar-refractivity contribution in [2.75, 3.05) is 0 Å². The summed E-state index contributed by atoms with van der Waals surface area (Å²) in [6, 6.07) is 27.6. The molecule has 1 radical (unpaired) electrons. The van der Waals surface area contributed by atoms with Crippen LogP contribution in [-0.2, 0) is 24.9 Å². The van der Waals surface area contributed by atoms with Gasteiger partial charge >= 0.3 is 0 Å². The van der Waals surface area contributed by atoms with Crippen LogP contribution in [0.5, 0.6) is 0 Å². The molecule has 0 bridgehead atoms. The molecule has 0 aliphatic heterocycles. The van der Waals surface area contributed by atoms with Crippen LogP contribution >= 0.6 is 0 Å². The predicted octanol–water partition coefficient (Wildman–Crippen LogP) is 11.0. The van der Waals surface area contributed by atoms with Crippen LogP contribution in [-0.4, -0.2) is 33.5 Å². The molecule has 5 aromatic carbocycles. The van der Waals surface area contributed by atoms with Gasteiger partial charge in [-0.05, 0) is 61.4 Å². The van der Waals surface area contributed by atoms with Crippen molar-refractivity contribution >= 4 is 73.3 Å². The first-order valence-corrected chi connectivity index (χ1v) is 21.3. The third-order valence-corrected chi connectivity index (χ3v) is 12.3. The summed E-state index contributed by atoms with van der Waals surface area (Å²) in [5.41, 5.74) is 5.80. The topological polar surface area (TPSA) is 68.0 Å². The smallest absolute Gasteiger partial charge is 0.162 e. The zero-order valence-electron chi connectivity index (χ0n) is 30.5. The van der Waals surface area contributed by atoms with Gasteiger partial charge in [-0.2, -0.15) is 0 Å². The first kappa shape index (κ1) is 37.4. The first-order valence-electron chi connectivity index (χ1n) is 17.8. The van der Waals surface area contributed by atoms with E-state index in [4.69, 9.17) is 9.97 Å². The second-order valence-electron chi connectivity index (χ2n) is 14.3. The molecule has 0 saturated heterocycles. The van der Waals surface area contributed by atoms with Crippen molar-refractivity contribution in [3.63, 3.8) is 0 Å². The Hall–Kier alpha value is -3.90. The molecule has 1 N–H and O–H groups in total. The molecule has 2 aromatic heterocycles. The second-order valence-corrected chi connectivity index (χ2v) is 19.3. The van der Waals surface area contributed by atoms with Crippen molar-refractivity contribution in [3.8, 4) is 5.69 Å². The molecular weight excluding hydrogens is 811 g/mol. The van der Waals surface area contributed by atoms with Gasteiger partial charge in [-0.1, -0.05) is 99.9 Å². The summed E-state index contributed by atoms with van der Waals surface area (Å²) in [4.78, 5) is 21.3. The fourth-order valence-electron chi connectivity index (χ4n) is 7.47. The third-order valence-electron chi connectivity index (χ3n) is 10.3. The number of aliphatic hydroxyl groups excluding tert-OH is 1. The van der Waals surface area contributed by atoms with Gasteiger partial charge in [0.1, 0.15) is 6.33 Å². The van der Waals surface area contributed by atoms with Crippen LogP contribution in [0.3, 0.4) is 0 Å². The number of ketones is 1. The van der Waals surface area contributed by atoms with Crippen LogP contribution in [0.4, 0.5) is 0 Å². The van der Waals surface area contributed by atoms with Gasteiger partial charge in [-0.15, -0.1) is 23.6 Å². The van der Waals surface area contributed by atoms with Crippen molar-refractivity contribution in [1.82, 2.24) is 14.5 Å². The maximum Gasteiger partial charge on any atom is 0.162 e. The number of para-hydroxylation sites is 1. The van der Waals surface area contributed by atoms with Crippen molar-refractivity contribution in [3.05, 3.63) is 96.7 Å². The largest absolute Gasteiger partial charge is 0.512 e. The van der Waals surface area contributed by atoms with Crippen LogP contribution in [0.15, 0.2) is 84.9 Å². The van der Waals surface area contributed by atoms with E-state index in [1.807, 2.05) is 27.7 Å². The number of benzene rings is 5. The molecule has 7 rings (SSSR count). The fourth-order valence-corrected chi connectivity index (χ4v) is 8.99. The van der Waals surface area contributed by atoms with E-state index < -0.39 is 8.07 Å². The number of fused-ring (bicyclic) bond motifs is 4. The molecule has 0 spiro atoms. The molecule has 7 heteroatoms. The van der Waals surface area contributed by atoms with E-state index in [0.717, 1.165) is 52.9 Å². The standard InChI is InChI=1S/C30H24N3Si.C13H24O2.Ir/c1-18-26-22-14-19-10-8-9-11-20(19)15-23(22)29-27-24(31-17-32-29)16-25(34(2,3)4)30(28(26)27)33(18)21-12-6-5-7-13-21;1-5-10(6-2)12(14)9-13(15)11(7-3)8-4;/h5-14,16-17H,1-4H3;9-11,14H,5-8H2,1-4H3;/q-1;;/b;12-9-;. The van der Waals surface area contributed by atoms with Gasteiger partial charge in [0.05, 0.1) is 24.9 Å². The van der Waals surface area contributed by atoms with Gasteiger partial charge in [0, 0.05) is 65.7 Å². The predicted molar refractivity (Wildman–Crippen MR) is 210 cm³/mol. The number of carbonyl (C=O) groups excluding carboxylic acids is 1. The first-order chi connectivity index (χ1) is 23.5. The maximum atomic E-state index is 11.7. The van der Waals surface area contributed by atoms with Crippen LogP contribution in [0, 0.1) is 24.8 Å². The van der Waals surface area contributed by atoms with E-state index >= 15 is 0 Å². The Morgan fingerprint density at radius 3 is 2.14 bits per heavy atom. The summed E-state index contributed by atoms with van der Waals surface area (Å²) >= 11 is 0. The van der Waals surface area contributed by atoms with E-state index in [1.54, 1.807) is 6.33 Å². The zero-order chi connectivity index (χ0) is 35.0. The Morgan fingerprint density at radius 1 is 0.860 bits per heavy atom. The van der Waals surface area contributed by atoms with Crippen molar-refractivity contribution in [2.45, 2.75) is 79.9 Å². The zero-order valence-corrected chi connectivity index (χ0v) is 33.9. The molecule has 261 valence electrons. The SMILES string of the molecule is CCC(CC)C(=O)/C=C(\O)C(CC)CC.Cc1c2c3cc4ccccc4[c-]c3c3ncnc4cc([Si](C)(C)C)c(c2c43)n1-c1ccccc1.[Ir]. The maximum absolute atomic E-state index is 11.7. The number of aliphatic hydroxyl groups is 1. The normalized spacial score (nSPS) is 12.4. The van der Waals surface area contributed by atoms with Crippen LogP contribution in [0.1, 0.15) is 59.1 Å². The number of aryl methyl sites for hydroxylation is 1. The number of carbonyl (C=O) groups is 1. The summed E-state index contributed by atoms with van der Waals surface area (Å²) in [6.07, 6.45) is 6.62. The van der Waals surface area contributed by atoms with Crippen molar-refractivity contribution < 1.29 is 30.0 Å². The molecule has 7 aromatic rings. The van der Waals surface area contributed by atoms with Crippen molar-refractivity contribution in [1.29, 1.82) is 0 Å². The molecule has 5 nitrogen and oxygen atoms in total. The Labute approximate surface area is 310 Å². The molecule has 0 aliphatic carbocycles. The van der Waals surface area contributed by atoms with Gasteiger partial charge in [0.25, 0.3) is 0 Å². The van der Waals surface area contributed by atoms with Crippen molar-refractivity contribution in [2.24, 2.45) is 11.8 Å². The Morgan fingerprint density at radius 2 is 1.50 bits per heavy atom. The average molecular weight is 859 g/mol. The molecule has 0 atom stereocenters. The number of aromatic nitrogens is 3. The van der Waals surface area contributed by atoms with Gasteiger partial charge in [-0.25, -0.2) is 4.98 Å². The van der Waals surface area contributed by atoms with Gasteiger partial charge in [0.2, 0.25) is 0 Å². The minimum Gasteiger partial charge on any atom is -0.512 e. The summed E-state index contributed by atoms with van der Waals surface area (Å²) < 4.78 is 2.47. The third kappa shape index (κ3) is 6.64.